The molecule has 26 heavy (non-hydrogen) atoms. The van der Waals surface area contributed by atoms with Gasteiger partial charge in [0.25, 0.3) is 0 Å². The summed E-state index contributed by atoms with van der Waals surface area (Å²) in [5, 5.41) is 11.6. The van der Waals surface area contributed by atoms with Gasteiger partial charge in [-0.25, -0.2) is 0 Å². The Morgan fingerprint density at radius 1 is 1.38 bits per heavy atom. The SMILES string of the molecule is COc1cccc(-c2nsc(NC(=O)[C@@H]3CCc4nnc(C)n4C3)n2)c1. The van der Waals surface area contributed by atoms with Gasteiger partial charge in [-0.05, 0) is 25.5 Å². The third-order valence-corrected chi connectivity index (χ3v) is 5.12. The number of carbonyl (C=O) groups is 1. The summed E-state index contributed by atoms with van der Waals surface area (Å²) in [5.74, 6) is 2.94. The number of nitrogens with one attached hydrogen (secondary N) is 1. The van der Waals surface area contributed by atoms with E-state index in [1.807, 2.05) is 35.8 Å². The van der Waals surface area contributed by atoms with Crippen LogP contribution in [0, 0.1) is 12.8 Å². The number of anilines is 1. The van der Waals surface area contributed by atoms with E-state index >= 15 is 0 Å². The molecule has 8 nitrogen and oxygen atoms in total. The fourth-order valence-electron chi connectivity index (χ4n) is 3.04. The van der Waals surface area contributed by atoms with Crippen LogP contribution in [0.2, 0.25) is 0 Å². The van der Waals surface area contributed by atoms with Crippen LogP contribution in [0.25, 0.3) is 11.4 Å². The number of fused-ring (bicyclic) bond motifs is 1. The fraction of sp³-hybridized carbons (Fsp3) is 0.353. The Balaban J connectivity index is 1.46. The monoisotopic (exact) mass is 370 g/mol. The Morgan fingerprint density at radius 2 is 2.27 bits per heavy atom. The van der Waals surface area contributed by atoms with E-state index in [-0.39, 0.29) is 11.8 Å². The lowest BCUT2D eigenvalue weighted by Crippen LogP contribution is -2.31. The summed E-state index contributed by atoms with van der Waals surface area (Å²) in [6, 6.07) is 7.52. The summed E-state index contributed by atoms with van der Waals surface area (Å²) in [6.45, 7) is 2.50. The van der Waals surface area contributed by atoms with Crippen LogP contribution in [-0.2, 0) is 17.8 Å². The van der Waals surface area contributed by atoms with Gasteiger partial charge in [0.2, 0.25) is 11.0 Å². The number of carbonyl (C=O) groups excluding carboxylic acids is 1. The Hall–Kier alpha value is -2.81. The summed E-state index contributed by atoms with van der Waals surface area (Å²) >= 11 is 1.18. The average Bonchev–Trinajstić information content (AvgIpc) is 3.28. The van der Waals surface area contributed by atoms with Gasteiger partial charge >= 0.3 is 0 Å². The van der Waals surface area contributed by atoms with Gasteiger partial charge in [0.05, 0.1) is 13.0 Å². The number of nitrogens with zero attached hydrogens (tertiary/aromatic N) is 5. The fourth-order valence-corrected chi connectivity index (χ4v) is 3.63. The molecule has 3 heterocycles. The molecule has 0 radical (unpaired) electrons. The number of rotatable bonds is 4. The number of ether oxygens (including phenoxy) is 1. The summed E-state index contributed by atoms with van der Waals surface area (Å²) in [5.41, 5.74) is 0.850. The summed E-state index contributed by atoms with van der Waals surface area (Å²) < 4.78 is 11.6. The molecule has 9 heteroatoms. The second kappa shape index (κ2) is 6.83. The van der Waals surface area contributed by atoms with Gasteiger partial charge in [0, 0.05) is 30.1 Å². The Bertz CT molecular complexity index is 950. The molecule has 0 spiro atoms. The zero-order chi connectivity index (χ0) is 18.1. The highest BCUT2D eigenvalue weighted by atomic mass is 32.1. The maximum absolute atomic E-state index is 12.6. The van der Waals surface area contributed by atoms with Gasteiger partial charge in [-0.1, -0.05) is 12.1 Å². The van der Waals surface area contributed by atoms with E-state index in [0.29, 0.717) is 17.5 Å². The molecule has 1 aliphatic rings. The Morgan fingerprint density at radius 3 is 3.12 bits per heavy atom. The van der Waals surface area contributed by atoms with Crippen LogP contribution >= 0.6 is 11.5 Å². The van der Waals surface area contributed by atoms with Gasteiger partial charge in [0.1, 0.15) is 17.4 Å². The van der Waals surface area contributed by atoms with Crippen LogP contribution in [0.4, 0.5) is 5.13 Å². The molecule has 2 aromatic heterocycles. The number of methoxy groups -OCH3 is 1. The first-order valence-corrected chi connectivity index (χ1v) is 9.09. The highest BCUT2D eigenvalue weighted by Gasteiger charge is 2.27. The molecule has 3 aromatic rings. The van der Waals surface area contributed by atoms with Crippen molar-refractivity contribution < 1.29 is 9.53 Å². The highest BCUT2D eigenvalue weighted by molar-refractivity contribution is 7.10. The molecule has 0 saturated heterocycles. The summed E-state index contributed by atoms with van der Waals surface area (Å²) in [4.78, 5) is 17.0. The number of hydrogen-bond donors (Lipinski definition) is 1. The number of aromatic nitrogens is 5. The van der Waals surface area contributed by atoms with Crippen LogP contribution in [0.15, 0.2) is 24.3 Å². The van der Waals surface area contributed by atoms with E-state index in [0.717, 1.165) is 35.8 Å². The number of benzene rings is 1. The first-order valence-electron chi connectivity index (χ1n) is 8.31. The number of hydrogen-bond acceptors (Lipinski definition) is 7. The molecule has 0 bridgehead atoms. The van der Waals surface area contributed by atoms with E-state index in [1.165, 1.54) is 11.5 Å². The van der Waals surface area contributed by atoms with Crippen molar-refractivity contribution in [3.05, 3.63) is 35.9 Å². The molecule has 4 rings (SSSR count). The molecular weight excluding hydrogens is 352 g/mol. The van der Waals surface area contributed by atoms with Crippen molar-refractivity contribution in [2.45, 2.75) is 26.3 Å². The van der Waals surface area contributed by atoms with Crippen molar-refractivity contribution in [1.82, 2.24) is 24.1 Å². The van der Waals surface area contributed by atoms with Crippen LogP contribution in [0.3, 0.4) is 0 Å². The molecule has 1 atom stereocenters. The van der Waals surface area contributed by atoms with Crippen molar-refractivity contribution in [1.29, 1.82) is 0 Å². The van der Waals surface area contributed by atoms with Crippen molar-refractivity contribution in [3.63, 3.8) is 0 Å². The van der Waals surface area contributed by atoms with Gasteiger partial charge in [0.15, 0.2) is 5.82 Å². The van der Waals surface area contributed by atoms with Crippen LogP contribution < -0.4 is 10.1 Å². The minimum absolute atomic E-state index is 0.0444. The first-order chi connectivity index (χ1) is 12.6. The lowest BCUT2D eigenvalue weighted by molar-refractivity contribution is -0.120. The van der Waals surface area contributed by atoms with Crippen LogP contribution in [0.1, 0.15) is 18.1 Å². The topological polar surface area (TPSA) is 94.8 Å². The first kappa shape index (κ1) is 16.6. The highest BCUT2D eigenvalue weighted by Crippen LogP contribution is 2.26. The van der Waals surface area contributed by atoms with Crippen molar-refractivity contribution >= 4 is 22.6 Å². The van der Waals surface area contributed by atoms with Crippen LogP contribution in [-0.4, -0.2) is 37.1 Å². The standard InChI is InChI=1S/C17H18N6O2S/c1-10-20-21-14-7-6-12(9-23(10)14)16(24)19-17-18-15(22-26-17)11-4-3-5-13(8-11)25-2/h3-5,8,12H,6-7,9H2,1-2H3,(H,18,19,22,24)/t12-/m1/s1. The molecule has 1 aliphatic heterocycles. The number of amides is 1. The maximum atomic E-state index is 12.6. The zero-order valence-corrected chi connectivity index (χ0v) is 15.3. The van der Waals surface area contributed by atoms with E-state index in [4.69, 9.17) is 4.74 Å². The third kappa shape index (κ3) is 3.17. The molecule has 0 unspecified atom stereocenters. The van der Waals surface area contributed by atoms with Crippen molar-refractivity contribution in [3.8, 4) is 17.1 Å². The third-order valence-electron chi connectivity index (χ3n) is 4.49. The smallest absolute Gasteiger partial charge is 0.231 e. The molecule has 0 aliphatic carbocycles. The predicted octanol–water partition coefficient (Wildman–Crippen LogP) is 2.31. The molecule has 1 N–H and O–H groups in total. The second-order valence-corrected chi connectivity index (χ2v) is 6.91. The van der Waals surface area contributed by atoms with E-state index in [9.17, 15) is 4.79 Å². The summed E-state index contributed by atoms with van der Waals surface area (Å²) in [6.07, 6.45) is 1.51. The quantitative estimate of drug-likeness (QED) is 0.757. The van der Waals surface area contributed by atoms with E-state index in [1.54, 1.807) is 7.11 Å². The van der Waals surface area contributed by atoms with Crippen LogP contribution in [0.5, 0.6) is 5.75 Å². The van der Waals surface area contributed by atoms with Gasteiger partial charge < -0.3 is 14.6 Å². The lowest BCUT2D eigenvalue weighted by Gasteiger charge is -2.22. The van der Waals surface area contributed by atoms with E-state index in [2.05, 4.69) is 24.9 Å². The largest absolute Gasteiger partial charge is 0.497 e. The molecule has 0 saturated carbocycles. The van der Waals surface area contributed by atoms with E-state index < -0.39 is 0 Å². The zero-order valence-electron chi connectivity index (χ0n) is 14.5. The molecule has 0 fully saturated rings. The molecular formula is C17H18N6O2S. The molecule has 1 amide bonds. The molecule has 1 aromatic carbocycles. The molecule has 134 valence electrons. The lowest BCUT2D eigenvalue weighted by atomic mass is 9.98. The number of aryl methyl sites for hydroxylation is 2. The van der Waals surface area contributed by atoms with Crippen molar-refractivity contribution in [2.75, 3.05) is 12.4 Å². The average molecular weight is 370 g/mol. The minimum atomic E-state index is -0.124. The van der Waals surface area contributed by atoms with Gasteiger partial charge in [-0.15, -0.1) is 10.2 Å². The normalized spacial score (nSPS) is 16.2. The minimum Gasteiger partial charge on any atom is -0.497 e. The predicted molar refractivity (Wildman–Crippen MR) is 97.1 cm³/mol. The van der Waals surface area contributed by atoms with Crippen molar-refractivity contribution in [2.24, 2.45) is 5.92 Å². The Labute approximate surface area is 154 Å². The van der Waals surface area contributed by atoms with Gasteiger partial charge in [-0.2, -0.15) is 9.36 Å². The maximum Gasteiger partial charge on any atom is 0.231 e. The summed E-state index contributed by atoms with van der Waals surface area (Å²) in [7, 11) is 1.62. The second-order valence-electron chi connectivity index (χ2n) is 6.15. The van der Waals surface area contributed by atoms with Gasteiger partial charge in [-0.3, -0.25) is 4.79 Å². The Kier molecular flexibility index (Phi) is 4.37.